The molecule has 2 N–H and O–H groups in total. The van der Waals surface area contributed by atoms with Gasteiger partial charge in [-0.05, 0) is 36.2 Å². The van der Waals surface area contributed by atoms with E-state index in [1.54, 1.807) is 43.3 Å². The number of aromatic carboxylic acids is 1. The van der Waals surface area contributed by atoms with E-state index in [0.29, 0.717) is 16.3 Å². The molecule has 0 aromatic heterocycles. The third kappa shape index (κ3) is 3.83. The molecule has 0 saturated heterocycles. The van der Waals surface area contributed by atoms with Gasteiger partial charge in [0.15, 0.2) is 0 Å². The van der Waals surface area contributed by atoms with Crippen LogP contribution in [0.2, 0.25) is 5.02 Å². The van der Waals surface area contributed by atoms with Crippen molar-refractivity contribution in [1.29, 1.82) is 0 Å². The Labute approximate surface area is 127 Å². The van der Waals surface area contributed by atoms with Gasteiger partial charge in [-0.15, -0.1) is 0 Å². The average molecular weight is 304 g/mol. The van der Waals surface area contributed by atoms with Gasteiger partial charge in [0.1, 0.15) is 0 Å². The van der Waals surface area contributed by atoms with Crippen LogP contribution in [0.5, 0.6) is 0 Å². The Morgan fingerprint density at radius 1 is 1.14 bits per heavy atom. The zero-order valence-electron chi connectivity index (χ0n) is 11.4. The number of rotatable bonds is 4. The van der Waals surface area contributed by atoms with Gasteiger partial charge in [-0.1, -0.05) is 35.9 Å². The van der Waals surface area contributed by atoms with Crippen LogP contribution >= 0.6 is 11.6 Å². The fraction of sp³-hybridized carbons (Fsp3) is 0.125. The smallest absolute Gasteiger partial charge is 0.337 e. The molecule has 108 valence electrons. The highest BCUT2D eigenvalue weighted by molar-refractivity contribution is 6.30. The molecule has 0 saturated carbocycles. The summed E-state index contributed by atoms with van der Waals surface area (Å²) in [5.41, 5.74) is 1.94. The van der Waals surface area contributed by atoms with Gasteiger partial charge in [0.2, 0.25) is 5.91 Å². The molecule has 1 amide bonds. The summed E-state index contributed by atoms with van der Waals surface area (Å²) in [5.74, 6) is -1.34. The minimum Gasteiger partial charge on any atom is -0.478 e. The first-order valence-electron chi connectivity index (χ1n) is 6.34. The second kappa shape index (κ2) is 6.41. The van der Waals surface area contributed by atoms with E-state index in [-0.39, 0.29) is 17.9 Å². The summed E-state index contributed by atoms with van der Waals surface area (Å²) in [6.07, 6.45) is 0.157. The fourth-order valence-corrected chi connectivity index (χ4v) is 2.11. The van der Waals surface area contributed by atoms with Crippen LogP contribution in [0.1, 0.15) is 21.5 Å². The molecule has 0 bridgehead atoms. The average Bonchev–Trinajstić information content (AvgIpc) is 2.43. The number of para-hydroxylation sites is 1. The molecule has 0 heterocycles. The number of hydrogen-bond acceptors (Lipinski definition) is 2. The number of carboxylic acid groups (broad SMARTS) is 1. The minimum absolute atomic E-state index is 0.0828. The van der Waals surface area contributed by atoms with Crippen molar-refractivity contribution < 1.29 is 14.7 Å². The molecule has 0 aliphatic heterocycles. The van der Waals surface area contributed by atoms with Crippen LogP contribution in [0, 0.1) is 6.92 Å². The van der Waals surface area contributed by atoms with E-state index in [1.165, 1.54) is 6.07 Å². The monoisotopic (exact) mass is 303 g/mol. The highest BCUT2D eigenvalue weighted by Crippen LogP contribution is 2.21. The highest BCUT2D eigenvalue weighted by atomic mass is 35.5. The van der Waals surface area contributed by atoms with Crippen LogP contribution in [0.15, 0.2) is 42.5 Å². The fourth-order valence-electron chi connectivity index (χ4n) is 1.98. The lowest BCUT2D eigenvalue weighted by Crippen LogP contribution is -2.17. The molecule has 0 radical (unpaired) electrons. The van der Waals surface area contributed by atoms with Gasteiger partial charge < -0.3 is 10.4 Å². The number of aryl methyl sites for hydroxylation is 1. The number of carbonyl (C=O) groups excluding carboxylic acids is 1. The maximum atomic E-state index is 12.1. The van der Waals surface area contributed by atoms with Gasteiger partial charge >= 0.3 is 5.97 Å². The maximum absolute atomic E-state index is 12.1. The van der Waals surface area contributed by atoms with Crippen LogP contribution in [-0.4, -0.2) is 17.0 Å². The zero-order valence-corrected chi connectivity index (χ0v) is 12.1. The summed E-state index contributed by atoms with van der Waals surface area (Å²) in [4.78, 5) is 23.2. The lowest BCUT2D eigenvalue weighted by atomic mass is 10.1. The zero-order chi connectivity index (χ0) is 15.4. The van der Waals surface area contributed by atoms with Crippen LogP contribution in [0.4, 0.5) is 5.69 Å². The molecule has 2 aromatic carbocycles. The van der Waals surface area contributed by atoms with Crippen LogP contribution < -0.4 is 5.32 Å². The number of hydrogen-bond donors (Lipinski definition) is 2. The van der Waals surface area contributed by atoms with E-state index in [9.17, 15) is 9.59 Å². The Morgan fingerprint density at radius 2 is 1.81 bits per heavy atom. The summed E-state index contributed by atoms with van der Waals surface area (Å²) in [5, 5.41) is 12.4. The van der Waals surface area contributed by atoms with E-state index < -0.39 is 5.97 Å². The van der Waals surface area contributed by atoms with Crippen LogP contribution in [-0.2, 0) is 11.2 Å². The van der Waals surface area contributed by atoms with Gasteiger partial charge in [-0.2, -0.15) is 0 Å². The van der Waals surface area contributed by atoms with Crippen molar-refractivity contribution in [2.24, 2.45) is 0 Å². The lowest BCUT2D eigenvalue weighted by Gasteiger charge is -2.11. The highest BCUT2D eigenvalue weighted by Gasteiger charge is 2.14. The van der Waals surface area contributed by atoms with E-state index in [0.717, 1.165) is 5.56 Å². The first kappa shape index (κ1) is 15.1. The second-order valence-electron chi connectivity index (χ2n) is 4.65. The normalized spacial score (nSPS) is 10.2. The molecule has 4 nitrogen and oxygen atoms in total. The Balaban J connectivity index is 2.16. The Hall–Kier alpha value is -2.33. The van der Waals surface area contributed by atoms with Gasteiger partial charge in [-0.25, -0.2) is 4.79 Å². The molecule has 21 heavy (non-hydrogen) atoms. The van der Waals surface area contributed by atoms with Crippen LogP contribution in [0.3, 0.4) is 0 Å². The quantitative estimate of drug-likeness (QED) is 0.908. The first-order valence-corrected chi connectivity index (χ1v) is 6.72. The van der Waals surface area contributed by atoms with E-state index in [1.807, 2.05) is 0 Å². The van der Waals surface area contributed by atoms with Crippen molar-refractivity contribution in [3.05, 3.63) is 64.2 Å². The van der Waals surface area contributed by atoms with Crippen LogP contribution in [0.25, 0.3) is 0 Å². The number of carboxylic acids is 1. The number of amides is 1. The predicted molar refractivity (Wildman–Crippen MR) is 81.9 cm³/mol. The molecule has 5 heteroatoms. The number of nitrogens with one attached hydrogen (secondary N) is 1. The standard InChI is InChI=1S/C16H14ClNO3/c1-10-3-2-4-13(16(20)21)15(10)18-14(19)9-11-5-7-12(17)8-6-11/h2-8H,9H2,1H3,(H,18,19)(H,20,21). The number of benzene rings is 2. The molecule has 2 rings (SSSR count). The SMILES string of the molecule is Cc1cccc(C(=O)O)c1NC(=O)Cc1ccc(Cl)cc1. The molecule has 0 aliphatic rings. The largest absolute Gasteiger partial charge is 0.478 e. The van der Waals surface area contributed by atoms with E-state index in [2.05, 4.69) is 5.32 Å². The predicted octanol–water partition coefficient (Wildman–Crippen LogP) is 3.53. The summed E-state index contributed by atoms with van der Waals surface area (Å²) >= 11 is 5.79. The van der Waals surface area contributed by atoms with Gasteiger partial charge in [0.05, 0.1) is 17.7 Å². The molecule has 0 spiro atoms. The third-order valence-electron chi connectivity index (χ3n) is 3.05. The Morgan fingerprint density at radius 3 is 2.43 bits per heavy atom. The molecular formula is C16H14ClNO3. The van der Waals surface area contributed by atoms with Gasteiger partial charge in [0, 0.05) is 5.02 Å². The lowest BCUT2D eigenvalue weighted by molar-refractivity contribution is -0.115. The molecule has 0 atom stereocenters. The number of anilines is 1. The summed E-state index contributed by atoms with van der Waals surface area (Å²) in [6.45, 7) is 1.75. The van der Waals surface area contributed by atoms with Gasteiger partial charge in [-0.3, -0.25) is 4.79 Å². The third-order valence-corrected chi connectivity index (χ3v) is 3.30. The van der Waals surface area contributed by atoms with Crippen molar-refractivity contribution in [3.8, 4) is 0 Å². The van der Waals surface area contributed by atoms with Crippen molar-refractivity contribution in [2.75, 3.05) is 5.32 Å². The van der Waals surface area contributed by atoms with Crippen molar-refractivity contribution in [2.45, 2.75) is 13.3 Å². The molecule has 0 aliphatic carbocycles. The second-order valence-corrected chi connectivity index (χ2v) is 5.09. The van der Waals surface area contributed by atoms with Gasteiger partial charge in [0.25, 0.3) is 0 Å². The Bertz CT molecular complexity index is 680. The molecule has 2 aromatic rings. The first-order chi connectivity index (χ1) is 9.97. The van der Waals surface area contributed by atoms with E-state index >= 15 is 0 Å². The maximum Gasteiger partial charge on any atom is 0.337 e. The Kier molecular flexibility index (Phi) is 4.60. The molecular weight excluding hydrogens is 290 g/mol. The molecule has 0 unspecified atom stereocenters. The summed E-state index contributed by atoms with van der Waals surface area (Å²) in [6, 6.07) is 11.8. The topological polar surface area (TPSA) is 66.4 Å². The van der Waals surface area contributed by atoms with Crippen molar-refractivity contribution in [1.82, 2.24) is 0 Å². The summed E-state index contributed by atoms with van der Waals surface area (Å²) < 4.78 is 0. The molecule has 0 fully saturated rings. The minimum atomic E-state index is -1.07. The number of halogens is 1. The van der Waals surface area contributed by atoms with Crippen molar-refractivity contribution >= 4 is 29.2 Å². The number of carbonyl (C=O) groups is 2. The van der Waals surface area contributed by atoms with E-state index in [4.69, 9.17) is 16.7 Å². The summed E-state index contributed by atoms with van der Waals surface area (Å²) in [7, 11) is 0. The van der Waals surface area contributed by atoms with Crippen molar-refractivity contribution in [3.63, 3.8) is 0 Å².